The number of aromatic nitrogens is 2. The maximum atomic E-state index is 9.72. The molecule has 4 rings (SSSR count). The number of aromatic hydroxyl groups is 2. The monoisotopic (exact) mass is 478 g/mol. The summed E-state index contributed by atoms with van der Waals surface area (Å²) in [5, 5.41) is 20.2. The second-order valence-corrected chi connectivity index (χ2v) is 8.13. The predicted molar refractivity (Wildman–Crippen MR) is 118 cm³/mol. The van der Waals surface area contributed by atoms with E-state index in [1.807, 2.05) is 58.2 Å². The molecule has 4 nitrogen and oxygen atoms in total. The fraction of sp³-hybridized carbons (Fsp3) is 0. The second kappa shape index (κ2) is 8.32. The van der Waals surface area contributed by atoms with Gasteiger partial charge < -0.3 is 10.2 Å². The molecule has 8 heteroatoms. The Hall–Kier alpha value is -2.50. The third-order valence-electron chi connectivity index (χ3n) is 4.59. The van der Waals surface area contributed by atoms with Crippen molar-refractivity contribution in [2.75, 3.05) is 0 Å². The van der Waals surface area contributed by atoms with Gasteiger partial charge in [-0.15, -0.1) is 0 Å². The average Bonchev–Trinajstić information content (AvgIpc) is 2.75. The number of phenols is 2. The Balaban J connectivity index is 1.61. The van der Waals surface area contributed by atoms with Gasteiger partial charge in [-0.3, -0.25) is 0 Å². The summed E-state index contributed by atoms with van der Waals surface area (Å²) >= 11 is 24.0. The lowest BCUT2D eigenvalue weighted by Gasteiger charge is -2.04. The summed E-state index contributed by atoms with van der Waals surface area (Å²) in [7, 11) is 0. The third-order valence-corrected chi connectivity index (χ3v) is 5.74. The first-order chi connectivity index (χ1) is 14.3. The number of phenolic OH excluding ortho intramolecular Hbond substituents is 2. The van der Waals surface area contributed by atoms with Crippen LogP contribution in [-0.4, -0.2) is 10.2 Å². The summed E-state index contributed by atoms with van der Waals surface area (Å²) in [4.78, 5) is 0. The quantitative estimate of drug-likeness (QED) is 0.357. The van der Waals surface area contributed by atoms with Crippen molar-refractivity contribution in [2.45, 2.75) is 0 Å². The Morgan fingerprint density at radius 1 is 0.500 bits per heavy atom. The van der Waals surface area contributed by atoms with Gasteiger partial charge >= 0.3 is 0 Å². The lowest BCUT2D eigenvalue weighted by atomic mass is 10.1. The highest BCUT2D eigenvalue weighted by molar-refractivity contribution is 6.37. The van der Waals surface area contributed by atoms with Gasteiger partial charge in [-0.25, -0.2) is 0 Å². The molecule has 0 saturated heterocycles. The number of pyridine rings is 2. The number of nitrogens with zero attached hydrogens (tertiary/aromatic N) is 2. The van der Waals surface area contributed by atoms with Crippen molar-refractivity contribution in [3.63, 3.8) is 0 Å². The van der Waals surface area contributed by atoms with Crippen molar-refractivity contribution in [3.05, 3.63) is 93.4 Å². The van der Waals surface area contributed by atoms with Crippen LogP contribution in [0.15, 0.2) is 73.3 Å². The minimum atomic E-state index is -0.131. The van der Waals surface area contributed by atoms with E-state index >= 15 is 0 Å². The van der Waals surface area contributed by atoms with Crippen LogP contribution in [0.4, 0.5) is 0 Å². The normalized spacial score (nSPS) is 10.9. The molecule has 4 aromatic rings. The lowest BCUT2D eigenvalue weighted by Crippen LogP contribution is -2.29. The van der Waals surface area contributed by atoms with Gasteiger partial charge in [0, 0.05) is 48.5 Å². The zero-order chi connectivity index (χ0) is 21.4. The highest BCUT2D eigenvalue weighted by Crippen LogP contribution is 2.33. The van der Waals surface area contributed by atoms with E-state index in [4.69, 9.17) is 46.4 Å². The zero-order valence-electron chi connectivity index (χ0n) is 15.2. The van der Waals surface area contributed by atoms with Crippen LogP contribution < -0.4 is 9.13 Å². The molecule has 0 aliphatic carbocycles. The van der Waals surface area contributed by atoms with Crippen molar-refractivity contribution >= 4 is 46.4 Å². The maximum Gasteiger partial charge on any atom is 0.213 e. The molecule has 0 amide bonds. The molecule has 2 N–H and O–H groups in total. The lowest BCUT2D eigenvalue weighted by molar-refractivity contribution is -0.596. The first kappa shape index (κ1) is 20.8. The summed E-state index contributed by atoms with van der Waals surface area (Å²) in [5.41, 5.74) is 3.50. The molecule has 2 aromatic heterocycles. The fourth-order valence-corrected chi connectivity index (χ4v) is 3.94. The molecule has 2 aromatic carbocycles. The number of benzene rings is 2. The van der Waals surface area contributed by atoms with Crippen LogP contribution in [0.5, 0.6) is 11.5 Å². The smallest absolute Gasteiger partial charge is 0.213 e. The summed E-state index contributed by atoms with van der Waals surface area (Å²) in [5.74, 6) is -0.263. The number of hydrogen-bond acceptors (Lipinski definition) is 2. The average molecular weight is 480 g/mol. The van der Waals surface area contributed by atoms with E-state index in [-0.39, 0.29) is 31.6 Å². The van der Waals surface area contributed by atoms with Crippen molar-refractivity contribution in [1.29, 1.82) is 0 Å². The van der Waals surface area contributed by atoms with E-state index in [0.29, 0.717) is 0 Å². The molecule has 0 aliphatic heterocycles. The molecule has 0 bridgehead atoms. The van der Waals surface area contributed by atoms with Gasteiger partial charge in [0.1, 0.15) is 0 Å². The Morgan fingerprint density at radius 2 is 0.767 bits per heavy atom. The Morgan fingerprint density at radius 3 is 1.03 bits per heavy atom. The largest absolute Gasteiger partial charge is 0.505 e. The number of rotatable bonds is 3. The fourth-order valence-electron chi connectivity index (χ4n) is 2.98. The SMILES string of the molecule is Oc1c(Cl)cc(-[n+]2ccc(-c3cc[n+](-c4cc(Cl)c(O)c(Cl)c4)cc3)cc2)cc1Cl. The third kappa shape index (κ3) is 4.05. The Labute approximate surface area is 192 Å². The zero-order valence-corrected chi connectivity index (χ0v) is 18.3. The molecular formula is C22H14Cl4N2O2+2. The van der Waals surface area contributed by atoms with E-state index in [2.05, 4.69) is 0 Å². The number of halogens is 4. The molecule has 0 spiro atoms. The Kier molecular flexibility index (Phi) is 5.76. The van der Waals surface area contributed by atoms with Crippen LogP contribution in [0.1, 0.15) is 0 Å². The molecule has 0 atom stereocenters. The molecule has 0 saturated carbocycles. The summed E-state index contributed by atoms with van der Waals surface area (Å²) in [6.07, 6.45) is 7.54. The molecule has 150 valence electrons. The predicted octanol–water partition coefficient (Wildman–Crippen LogP) is 5.93. The van der Waals surface area contributed by atoms with Crippen LogP contribution in [0, 0.1) is 0 Å². The van der Waals surface area contributed by atoms with Crippen LogP contribution >= 0.6 is 46.4 Å². The van der Waals surface area contributed by atoms with Crippen LogP contribution in [-0.2, 0) is 0 Å². The van der Waals surface area contributed by atoms with Crippen molar-refractivity contribution in [2.24, 2.45) is 0 Å². The van der Waals surface area contributed by atoms with Gasteiger partial charge in [-0.05, 0) is 11.1 Å². The molecule has 0 radical (unpaired) electrons. The van der Waals surface area contributed by atoms with Gasteiger partial charge in [-0.2, -0.15) is 9.13 Å². The minimum absolute atomic E-state index is 0.131. The van der Waals surface area contributed by atoms with E-state index in [0.717, 1.165) is 22.5 Å². The van der Waals surface area contributed by atoms with E-state index in [1.165, 1.54) is 0 Å². The van der Waals surface area contributed by atoms with Crippen molar-refractivity contribution in [1.82, 2.24) is 0 Å². The van der Waals surface area contributed by atoms with Crippen LogP contribution in [0.2, 0.25) is 20.1 Å². The topological polar surface area (TPSA) is 48.2 Å². The van der Waals surface area contributed by atoms with Gasteiger partial charge in [-0.1, -0.05) is 46.4 Å². The molecule has 30 heavy (non-hydrogen) atoms. The van der Waals surface area contributed by atoms with Crippen molar-refractivity contribution in [3.8, 4) is 34.0 Å². The van der Waals surface area contributed by atoms with E-state index in [9.17, 15) is 10.2 Å². The van der Waals surface area contributed by atoms with Crippen LogP contribution in [0.3, 0.4) is 0 Å². The first-order valence-corrected chi connectivity index (χ1v) is 10.2. The van der Waals surface area contributed by atoms with Crippen molar-refractivity contribution < 1.29 is 19.3 Å². The van der Waals surface area contributed by atoms with E-state index in [1.54, 1.807) is 24.3 Å². The van der Waals surface area contributed by atoms with Gasteiger partial charge in [0.15, 0.2) is 36.3 Å². The highest BCUT2D eigenvalue weighted by atomic mass is 35.5. The standard InChI is InChI=1S/C22H12Cl4N2O2/c23-17-9-15(10-18(24)21(17)29)27-5-1-13(2-6-27)14-3-7-28(8-4-14)16-11-19(25)22(30)20(26)12-16/h1-12H/p+2. The minimum Gasteiger partial charge on any atom is -0.505 e. The van der Waals surface area contributed by atoms with E-state index < -0.39 is 0 Å². The van der Waals surface area contributed by atoms with Gasteiger partial charge in [0.25, 0.3) is 0 Å². The summed E-state index contributed by atoms with van der Waals surface area (Å²) < 4.78 is 3.70. The Bertz CT molecular complexity index is 1100. The summed E-state index contributed by atoms with van der Waals surface area (Å²) in [6.45, 7) is 0. The summed E-state index contributed by atoms with van der Waals surface area (Å²) in [6, 6.07) is 14.4. The molecule has 0 aliphatic rings. The van der Waals surface area contributed by atoms with Crippen LogP contribution in [0.25, 0.3) is 22.5 Å². The molecular weight excluding hydrogens is 466 g/mol. The highest BCUT2D eigenvalue weighted by Gasteiger charge is 2.15. The second-order valence-electron chi connectivity index (χ2n) is 6.50. The first-order valence-electron chi connectivity index (χ1n) is 8.73. The molecule has 0 fully saturated rings. The molecule has 0 unspecified atom stereocenters. The van der Waals surface area contributed by atoms with Gasteiger partial charge in [0.2, 0.25) is 11.4 Å². The molecule has 2 heterocycles. The van der Waals surface area contributed by atoms with Gasteiger partial charge in [0.05, 0.1) is 20.1 Å². The maximum absolute atomic E-state index is 9.72. The number of hydrogen-bond donors (Lipinski definition) is 2.